The van der Waals surface area contributed by atoms with Crippen molar-refractivity contribution in [3.8, 4) is 0 Å². The number of hydrogen-bond acceptors (Lipinski definition) is 3. The van der Waals surface area contributed by atoms with Crippen molar-refractivity contribution in [2.75, 3.05) is 7.11 Å². The summed E-state index contributed by atoms with van der Waals surface area (Å²) >= 11 is 0. The van der Waals surface area contributed by atoms with Gasteiger partial charge in [0.15, 0.2) is 5.78 Å². The van der Waals surface area contributed by atoms with Crippen LogP contribution in [0.3, 0.4) is 0 Å². The fourth-order valence-corrected chi connectivity index (χ4v) is 1.67. The molecule has 0 radical (unpaired) electrons. The first kappa shape index (κ1) is 9.65. The van der Waals surface area contributed by atoms with Crippen molar-refractivity contribution in [3.05, 3.63) is 41.0 Å². The summed E-state index contributed by atoms with van der Waals surface area (Å²) in [5, 5.41) is 0. The van der Waals surface area contributed by atoms with Gasteiger partial charge in [0, 0.05) is 6.42 Å². The Bertz CT molecular complexity index is 458. The molecular weight excluding hydrogens is 192 g/mol. The molecule has 3 heteroatoms. The van der Waals surface area contributed by atoms with Crippen LogP contribution in [0.4, 0.5) is 0 Å². The molecule has 76 valence electrons. The summed E-state index contributed by atoms with van der Waals surface area (Å²) in [5.41, 5.74) is 2.19. The number of benzene rings is 1. The molecule has 0 aliphatic heterocycles. The van der Waals surface area contributed by atoms with Crippen molar-refractivity contribution in [2.45, 2.75) is 6.42 Å². The molecule has 0 saturated heterocycles. The summed E-state index contributed by atoms with van der Waals surface area (Å²) in [5.74, 6) is -0.310. The van der Waals surface area contributed by atoms with Crippen molar-refractivity contribution < 1.29 is 14.3 Å². The number of rotatable bonds is 1. The van der Waals surface area contributed by atoms with Crippen molar-refractivity contribution >= 4 is 17.8 Å². The van der Waals surface area contributed by atoms with Crippen LogP contribution in [0.2, 0.25) is 0 Å². The lowest BCUT2D eigenvalue weighted by atomic mass is 9.93. The first-order valence-electron chi connectivity index (χ1n) is 4.63. The zero-order valence-electron chi connectivity index (χ0n) is 8.32. The molecule has 1 aromatic rings. The molecule has 1 aliphatic carbocycles. The van der Waals surface area contributed by atoms with Gasteiger partial charge in [0.1, 0.15) is 0 Å². The van der Waals surface area contributed by atoms with Crippen LogP contribution in [0.1, 0.15) is 21.5 Å². The molecule has 0 bridgehead atoms. The van der Waals surface area contributed by atoms with Gasteiger partial charge in [0.25, 0.3) is 0 Å². The number of carbonyl (C=O) groups is 2. The minimum absolute atomic E-state index is 0.0597. The minimum Gasteiger partial charge on any atom is -0.465 e. The molecule has 0 spiro atoms. The summed E-state index contributed by atoms with van der Waals surface area (Å²) < 4.78 is 4.67. The Morgan fingerprint density at radius 1 is 1.33 bits per heavy atom. The van der Waals surface area contributed by atoms with Gasteiger partial charge < -0.3 is 4.74 Å². The quantitative estimate of drug-likeness (QED) is 0.650. The van der Waals surface area contributed by atoms with Gasteiger partial charge in [-0.1, -0.05) is 18.2 Å². The summed E-state index contributed by atoms with van der Waals surface area (Å²) in [7, 11) is 1.35. The highest BCUT2D eigenvalue weighted by molar-refractivity contribution is 6.02. The maximum Gasteiger partial charge on any atom is 0.338 e. The average molecular weight is 202 g/mol. The van der Waals surface area contributed by atoms with E-state index in [1.807, 2.05) is 6.07 Å². The number of carbonyl (C=O) groups excluding carboxylic acids is 2. The summed E-state index contributed by atoms with van der Waals surface area (Å²) in [4.78, 5) is 22.6. The Morgan fingerprint density at radius 3 is 2.87 bits per heavy atom. The molecule has 0 saturated carbocycles. The average Bonchev–Trinajstić information content (AvgIpc) is 2.26. The van der Waals surface area contributed by atoms with Gasteiger partial charge in [0.2, 0.25) is 0 Å². The second kappa shape index (κ2) is 3.69. The lowest BCUT2D eigenvalue weighted by Crippen LogP contribution is -2.11. The van der Waals surface area contributed by atoms with E-state index in [2.05, 4.69) is 4.74 Å². The van der Waals surface area contributed by atoms with Gasteiger partial charge in [-0.25, -0.2) is 4.79 Å². The molecule has 1 aliphatic rings. The maximum absolute atomic E-state index is 11.4. The molecule has 0 unspecified atom stereocenters. The number of fused-ring (bicyclic) bond motifs is 1. The second-order valence-electron chi connectivity index (χ2n) is 3.35. The van der Waals surface area contributed by atoms with Gasteiger partial charge in [-0.2, -0.15) is 0 Å². The zero-order valence-corrected chi connectivity index (χ0v) is 8.32. The molecule has 0 heterocycles. The zero-order chi connectivity index (χ0) is 10.8. The largest absolute Gasteiger partial charge is 0.465 e. The Morgan fingerprint density at radius 2 is 2.13 bits per heavy atom. The van der Waals surface area contributed by atoms with Crippen LogP contribution < -0.4 is 0 Å². The molecule has 2 rings (SSSR count). The highest BCUT2D eigenvalue weighted by Gasteiger charge is 2.17. The molecule has 0 N–H and O–H groups in total. The van der Waals surface area contributed by atoms with E-state index in [1.54, 1.807) is 18.2 Å². The third-order valence-corrected chi connectivity index (χ3v) is 2.40. The molecular formula is C12H10O3. The monoisotopic (exact) mass is 202 g/mol. The third kappa shape index (κ3) is 1.68. The topological polar surface area (TPSA) is 43.4 Å². The summed E-state index contributed by atoms with van der Waals surface area (Å²) in [6.07, 6.45) is 3.53. The number of methoxy groups -OCH3 is 1. The second-order valence-corrected chi connectivity index (χ2v) is 3.35. The smallest absolute Gasteiger partial charge is 0.338 e. The molecule has 3 nitrogen and oxygen atoms in total. The highest BCUT2D eigenvalue weighted by Crippen LogP contribution is 2.22. The van der Waals surface area contributed by atoms with Gasteiger partial charge in [-0.3, -0.25) is 4.79 Å². The predicted molar refractivity (Wildman–Crippen MR) is 55.5 cm³/mol. The Kier molecular flexibility index (Phi) is 2.37. The van der Waals surface area contributed by atoms with Crippen molar-refractivity contribution in [1.82, 2.24) is 0 Å². The minimum atomic E-state index is -0.370. The third-order valence-electron chi connectivity index (χ3n) is 2.40. The van der Waals surface area contributed by atoms with Crippen molar-refractivity contribution in [3.63, 3.8) is 0 Å². The van der Waals surface area contributed by atoms with E-state index < -0.39 is 0 Å². The van der Waals surface area contributed by atoms with E-state index in [4.69, 9.17) is 0 Å². The van der Waals surface area contributed by atoms with E-state index >= 15 is 0 Å². The number of esters is 1. The van der Waals surface area contributed by atoms with Crippen LogP contribution >= 0.6 is 0 Å². The van der Waals surface area contributed by atoms with Gasteiger partial charge in [0.05, 0.1) is 12.7 Å². The molecule has 0 aromatic heterocycles. The number of ketones is 1. The van der Waals surface area contributed by atoms with Crippen LogP contribution in [0.25, 0.3) is 6.08 Å². The molecule has 0 atom stereocenters. The standard InChI is InChI=1S/C12H10O3/c1-15-12(14)11-4-2-3-8-7-9(13)5-6-10(8)11/h2-6H,7H2,1H3. The number of hydrogen-bond donors (Lipinski definition) is 0. The Labute approximate surface area is 87.4 Å². The molecule has 0 fully saturated rings. The lowest BCUT2D eigenvalue weighted by molar-refractivity contribution is -0.114. The first-order chi connectivity index (χ1) is 7.22. The number of allylic oxidation sites excluding steroid dienone is 1. The van der Waals surface area contributed by atoms with E-state index in [9.17, 15) is 9.59 Å². The van der Waals surface area contributed by atoms with Crippen LogP contribution in [-0.2, 0) is 16.0 Å². The lowest BCUT2D eigenvalue weighted by Gasteiger charge is -2.12. The van der Waals surface area contributed by atoms with Gasteiger partial charge in [-0.05, 0) is 23.3 Å². The van der Waals surface area contributed by atoms with E-state index in [-0.39, 0.29) is 11.8 Å². The van der Waals surface area contributed by atoms with E-state index in [0.29, 0.717) is 12.0 Å². The molecule has 0 amide bonds. The van der Waals surface area contributed by atoms with E-state index in [0.717, 1.165) is 11.1 Å². The van der Waals surface area contributed by atoms with Crippen LogP contribution in [0, 0.1) is 0 Å². The number of ether oxygens (including phenoxy) is 1. The van der Waals surface area contributed by atoms with E-state index in [1.165, 1.54) is 13.2 Å². The van der Waals surface area contributed by atoms with Gasteiger partial charge >= 0.3 is 5.97 Å². The SMILES string of the molecule is COC(=O)c1cccc2c1C=CC(=O)C2. The van der Waals surface area contributed by atoms with Crippen molar-refractivity contribution in [1.29, 1.82) is 0 Å². The van der Waals surface area contributed by atoms with Gasteiger partial charge in [-0.15, -0.1) is 0 Å². The Hall–Kier alpha value is -1.90. The first-order valence-corrected chi connectivity index (χ1v) is 4.63. The Balaban J connectivity index is 2.54. The van der Waals surface area contributed by atoms with Crippen molar-refractivity contribution in [2.24, 2.45) is 0 Å². The van der Waals surface area contributed by atoms with Crippen LogP contribution in [0.15, 0.2) is 24.3 Å². The molecule has 1 aromatic carbocycles. The fraction of sp³-hybridized carbons (Fsp3) is 0.167. The predicted octanol–water partition coefficient (Wildman–Crippen LogP) is 1.61. The fourth-order valence-electron chi connectivity index (χ4n) is 1.67. The summed E-state index contributed by atoms with van der Waals surface area (Å²) in [6.45, 7) is 0. The maximum atomic E-state index is 11.4. The molecule has 15 heavy (non-hydrogen) atoms. The van der Waals surface area contributed by atoms with Crippen LogP contribution in [0.5, 0.6) is 0 Å². The van der Waals surface area contributed by atoms with Crippen LogP contribution in [-0.4, -0.2) is 18.9 Å². The highest BCUT2D eigenvalue weighted by atomic mass is 16.5. The normalized spacial score (nSPS) is 13.5. The summed E-state index contributed by atoms with van der Waals surface area (Å²) in [6, 6.07) is 5.31.